The van der Waals surface area contributed by atoms with Crippen molar-refractivity contribution in [3.05, 3.63) is 23.6 Å². The number of hydrogen-bond acceptors (Lipinski definition) is 3. The van der Waals surface area contributed by atoms with Gasteiger partial charge in [0, 0.05) is 28.5 Å². The standard InChI is InChI=1S/C7H4Cl2N2O2S/c8-7-6-4(1-2-10-7)5(3-11-6)14(9,12)13/h1-3,11H. The number of aromatic amines is 1. The summed E-state index contributed by atoms with van der Waals surface area (Å²) in [6.07, 6.45) is 2.71. The molecule has 0 amide bonds. The highest BCUT2D eigenvalue weighted by molar-refractivity contribution is 8.14. The summed E-state index contributed by atoms with van der Waals surface area (Å²) in [6, 6.07) is 1.53. The van der Waals surface area contributed by atoms with E-state index in [4.69, 9.17) is 22.3 Å². The van der Waals surface area contributed by atoms with Crippen LogP contribution in [0.3, 0.4) is 0 Å². The Labute approximate surface area is 89.3 Å². The summed E-state index contributed by atoms with van der Waals surface area (Å²) in [5, 5.41) is 0.661. The molecule has 2 heterocycles. The molecule has 1 N–H and O–H groups in total. The molecule has 0 aromatic carbocycles. The summed E-state index contributed by atoms with van der Waals surface area (Å²) in [4.78, 5) is 6.52. The van der Waals surface area contributed by atoms with Crippen LogP contribution in [-0.4, -0.2) is 18.4 Å². The second-order valence-corrected chi connectivity index (χ2v) is 5.51. The number of rotatable bonds is 1. The average Bonchev–Trinajstić information content (AvgIpc) is 2.47. The van der Waals surface area contributed by atoms with Crippen LogP contribution in [0.5, 0.6) is 0 Å². The number of hydrogen-bond donors (Lipinski definition) is 1. The molecule has 2 aromatic rings. The molecular formula is C7H4Cl2N2O2S. The first-order valence-corrected chi connectivity index (χ1v) is 6.25. The van der Waals surface area contributed by atoms with E-state index in [1.807, 2.05) is 0 Å². The van der Waals surface area contributed by atoms with Crippen molar-refractivity contribution < 1.29 is 8.42 Å². The lowest BCUT2D eigenvalue weighted by atomic mass is 10.3. The van der Waals surface area contributed by atoms with Gasteiger partial charge in [-0.15, -0.1) is 0 Å². The van der Waals surface area contributed by atoms with Gasteiger partial charge in [0.2, 0.25) is 0 Å². The Hall–Kier alpha value is -0.780. The fraction of sp³-hybridized carbons (Fsp3) is 0. The third-order valence-electron chi connectivity index (χ3n) is 1.78. The van der Waals surface area contributed by atoms with Crippen molar-refractivity contribution in [2.24, 2.45) is 0 Å². The van der Waals surface area contributed by atoms with E-state index in [0.29, 0.717) is 10.9 Å². The Morgan fingerprint density at radius 3 is 2.79 bits per heavy atom. The smallest absolute Gasteiger partial charge is 0.263 e. The topological polar surface area (TPSA) is 62.8 Å². The SMILES string of the molecule is O=S(=O)(Cl)c1c[nH]c2c(Cl)nccc12. The predicted octanol–water partition coefficient (Wildman–Crippen LogP) is 2.14. The Bertz CT molecular complexity index is 591. The van der Waals surface area contributed by atoms with Crippen molar-refractivity contribution in [1.29, 1.82) is 0 Å². The first-order valence-electron chi connectivity index (χ1n) is 3.56. The van der Waals surface area contributed by atoms with Gasteiger partial charge in [0.25, 0.3) is 9.05 Å². The molecule has 0 aliphatic rings. The predicted molar refractivity (Wildman–Crippen MR) is 54.1 cm³/mol. The highest BCUT2D eigenvalue weighted by Crippen LogP contribution is 2.28. The normalized spacial score (nSPS) is 12.1. The summed E-state index contributed by atoms with van der Waals surface area (Å²) < 4.78 is 22.2. The number of aromatic nitrogens is 2. The fourth-order valence-electron chi connectivity index (χ4n) is 1.20. The van der Waals surface area contributed by atoms with E-state index >= 15 is 0 Å². The zero-order valence-electron chi connectivity index (χ0n) is 6.66. The number of nitrogens with zero attached hydrogens (tertiary/aromatic N) is 1. The van der Waals surface area contributed by atoms with Crippen LogP contribution < -0.4 is 0 Å². The highest BCUT2D eigenvalue weighted by Gasteiger charge is 2.17. The van der Waals surface area contributed by atoms with E-state index in [1.54, 1.807) is 0 Å². The van der Waals surface area contributed by atoms with Gasteiger partial charge in [-0.1, -0.05) is 11.6 Å². The second kappa shape index (κ2) is 3.12. The van der Waals surface area contributed by atoms with Crippen LogP contribution in [0.4, 0.5) is 0 Å². The first kappa shape index (κ1) is 9.76. The third kappa shape index (κ3) is 1.47. The van der Waals surface area contributed by atoms with Crippen molar-refractivity contribution in [2.75, 3.05) is 0 Å². The van der Waals surface area contributed by atoms with Crippen molar-refractivity contribution in [1.82, 2.24) is 9.97 Å². The lowest BCUT2D eigenvalue weighted by Crippen LogP contribution is -1.87. The van der Waals surface area contributed by atoms with Crippen LogP contribution in [0.25, 0.3) is 10.9 Å². The van der Waals surface area contributed by atoms with E-state index in [1.165, 1.54) is 18.5 Å². The maximum Gasteiger partial charge on any atom is 0.263 e. The number of halogens is 2. The molecule has 0 aliphatic heterocycles. The zero-order valence-corrected chi connectivity index (χ0v) is 8.99. The Morgan fingerprint density at radius 1 is 1.43 bits per heavy atom. The molecule has 0 saturated carbocycles. The minimum absolute atomic E-state index is 0.0125. The summed E-state index contributed by atoms with van der Waals surface area (Å²) in [6.45, 7) is 0. The number of nitrogens with one attached hydrogen (secondary N) is 1. The molecule has 14 heavy (non-hydrogen) atoms. The second-order valence-electron chi connectivity index (χ2n) is 2.62. The minimum atomic E-state index is -3.75. The molecule has 2 aromatic heterocycles. The lowest BCUT2D eigenvalue weighted by Gasteiger charge is -1.93. The van der Waals surface area contributed by atoms with Crippen molar-refractivity contribution >= 4 is 42.2 Å². The van der Waals surface area contributed by atoms with Crippen LogP contribution in [0.2, 0.25) is 5.15 Å². The Morgan fingerprint density at radius 2 is 2.14 bits per heavy atom. The van der Waals surface area contributed by atoms with Gasteiger partial charge in [-0.2, -0.15) is 0 Å². The van der Waals surface area contributed by atoms with E-state index < -0.39 is 9.05 Å². The number of H-pyrrole nitrogens is 1. The van der Waals surface area contributed by atoms with Crippen LogP contribution in [0, 0.1) is 0 Å². The quantitative estimate of drug-likeness (QED) is 0.623. The minimum Gasteiger partial charge on any atom is -0.357 e. The molecular weight excluding hydrogens is 247 g/mol. The fourth-order valence-corrected chi connectivity index (χ4v) is 2.42. The molecule has 2 rings (SSSR count). The summed E-state index contributed by atoms with van der Waals surface area (Å²) in [5.74, 6) is 0. The molecule has 74 valence electrons. The highest BCUT2D eigenvalue weighted by atomic mass is 35.7. The lowest BCUT2D eigenvalue weighted by molar-refractivity contribution is 0.610. The number of fused-ring (bicyclic) bond motifs is 1. The number of pyridine rings is 1. The average molecular weight is 251 g/mol. The zero-order chi connectivity index (χ0) is 10.3. The molecule has 4 nitrogen and oxygen atoms in total. The molecule has 7 heteroatoms. The van der Waals surface area contributed by atoms with Crippen LogP contribution in [-0.2, 0) is 9.05 Å². The van der Waals surface area contributed by atoms with Gasteiger partial charge in [-0.25, -0.2) is 13.4 Å². The Balaban J connectivity index is 2.90. The molecule has 0 saturated heterocycles. The van der Waals surface area contributed by atoms with E-state index in [0.717, 1.165) is 0 Å². The van der Waals surface area contributed by atoms with Gasteiger partial charge in [-0.05, 0) is 6.07 Å². The molecule has 0 unspecified atom stereocenters. The molecule has 0 bridgehead atoms. The van der Waals surface area contributed by atoms with Gasteiger partial charge in [-0.3, -0.25) is 0 Å². The van der Waals surface area contributed by atoms with Gasteiger partial charge >= 0.3 is 0 Å². The van der Waals surface area contributed by atoms with E-state index in [2.05, 4.69) is 9.97 Å². The molecule has 0 fully saturated rings. The van der Waals surface area contributed by atoms with Crippen molar-refractivity contribution in [2.45, 2.75) is 4.90 Å². The Kier molecular flexibility index (Phi) is 2.17. The van der Waals surface area contributed by atoms with Crippen LogP contribution in [0.1, 0.15) is 0 Å². The monoisotopic (exact) mass is 250 g/mol. The van der Waals surface area contributed by atoms with Gasteiger partial charge in [0.1, 0.15) is 4.90 Å². The molecule has 0 aliphatic carbocycles. The maximum absolute atomic E-state index is 11.1. The largest absolute Gasteiger partial charge is 0.357 e. The van der Waals surface area contributed by atoms with Gasteiger partial charge in [0.15, 0.2) is 5.15 Å². The van der Waals surface area contributed by atoms with Crippen molar-refractivity contribution in [3.8, 4) is 0 Å². The van der Waals surface area contributed by atoms with E-state index in [9.17, 15) is 8.42 Å². The maximum atomic E-state index is 11.1. The first-order chi connectivity index (χ1) is 6.50. The van der Waals surface area contributed by atoms with Crippen LogP contribution in [0.15, 0.2) is 23.4 Å². The summed E-state index contributed by atoms with van der Waals surface area (Å²) in [7, 11) is 1.47. The summed E-state index contributed by atoms with van der Waals surface area (Å²) in [5.41, 5.74) is 0.466. The van der Waals surface area contributed by atoms with Crippen LogP contribution >= 0.6 is 22.3 Å². The molecule has 0 atom stereocenters. The van der Waals surface area contributed by atoms with Gasteiger partial charge < -0.3 is 4.98 Å². The third-order valence-corrected chi connectivity index (χ3v) is 3.43. The van der Waals surface area contributed by atoms with E-state index in [-0.39, 0.29) is 10.0 Å². The van der Waals surface area contributed by atoms with Crippen molar-refractivity contribution in [3.63, 3.8) is 0 Å². The van der Waals surface area contributed by atoms with Gasteiger partial charge in [0.05, 0.1) is 5.52 Å². The molecule has 0 radical (unpaired) electrons. The summed E-state index contributed by atoms with van der Waals surface area (Å²) >= 11 is 5.74. The molecule has 0 spiro atoms.